The molecular formula is C15H24F2O. The summed E-state index contributed by atoms with van der Waals surface area (Å²) in [4.78, 5) is 12.3. The van der Waals surface area contributed by atoms with Crippen LogP contribution in [-0.4, -0.2) is 17.1 Å². The van der Waals surface area contributed by atoms with Crippen LogP contribution in [0.25, 0.3) is 0 Å². The summed E-state index contributed by atoms with van der Waals surface area (Å²) in [5.74, 6) is -1.35. The molecule has 0 aromatic rings. The average molecular weight is 258 g/mol. The van der Waals surface area contributed by atoms with Gasteiger partial charge in [0.05, 0.1) is 0 Å². The van der Waals surface area contributed by atoms with Gasteiger partial charge in [-0.3, -0.25) is 4.79 Å². The highest BCUT2D eigenvalue weighted by atomic mass is 19.2. The molecular weight excluding hydrogens is 234 g/mol. The topological polar surface area (TPSA) is 17.1 Å². The Morgan fingerprint density at radius 2 is 1.11 bits per heavy atom. The van der Waals surface area contributed by atoms with Crippen molar-refractivity contribution in [2.45, 2.75) is 76.6 Å². The van der Waals surface area contributed by atoms with Crippen molar-refractivity contribution in [3.8, 4) is 0 Å². The largest absolute Gasteiger partial charge is 0.292 e. The molecule has 0 aliphatic heterocycles. The molecule has 0 amide bonds. The Kier molecular flexibility index (Phi) is 3.80. The van der Waals surface area contributed by atoms with E-state index in [1.54, 1.807) is 0 Å². The van der Waals surface area contributed by atoms with E-state index in [1.807, 2.05) is 0 Å². The van der Waals surface area contributed by atoms with Crippen molar-refractivity contribution < 1.29 is 13.6 Å². The summed E-state index contributed by atoms with van der Waals surface area (Å²) < 4.78 is 29.5. The predicted octanol–water partition coefficient (Wildman–Crippen LogP) is 4.39. The zero-order valence-electron chi connectivity index (χ0n) is 11.5. The molecule has 2 unspecified atom stereocenters. The molecule has 0 heterocycles. The Morgan fingerprint density at radius 3 is 1.39 bits per heavy atom. The normalized spacial score (nSPS) is 29.1. The monoisotopic (exact) mass is 258 g/mol. The number of ketones is 1. The van der Waals surface area contributed by atoms with Crippen LogP contribution in [0.3, 0.4) is 0 Å². The van der Waals surface area contributed by atoms with Crippen molar-refractivity contribution in [3.05, 3.63) is 0 Å². The third-order valence-corrected chi connectivity index (χ3v) is 5.13. The minimum atomic E-state index is -1.98. The standard InChI is InChI=1S/C15H24F2O/c1-14(16,11-7-3-4-8-11)13(18)15(2,17)12-9-5-6-10-12/h11-12H,3-10H2,1-2H3. The second-order valence-corrected chi connectivity index (χ2v) is 6.44. The first-order valence-electron chi connectivity index (χ1n) is 7.29. The zero-order chi connectivity index (χ0) is 13.4. The molecule has 0 bridgehead atoms. The number of hydrogen-bond acceptors (Lipinski definition) is 1. The molecule has 2 aliphatic rings. The summed E-state index contributed by atoms with van der Waals surface area (Å²) in [7, 11) is 0. The van der Waals surface area contributed by atoms with E-state index in [9.17, 15) is 13.6 Å². The first kappa shape index (κ1) is 14.0. The number of carbonyl (C=O) groups excluding carboxylic acids is 1. The van der Waals surface area contributed by atoms with Gasteiger partial charge in [-0.05, 0) is 39.5 Å². The lowest BCUT2D eigenvalue weighted by Gasteiger charge is -2.34. The summed E-state index contributed by atoms with van der Waals surface area (Å²) in [5.41, 5.74) is -3.97. The van der Waals surface area contributed by atoms with E-state index in [0.717, 1.165) is 51.4 Å². The number of rotatable bonds is 4. The van der Waals surface area contributed by atoms with Gasteiger partial charge in [-0.2, -0.15) is 0 Å². The van der Waals surface area contributed by atoms with E-state index in [0.29, 0.717) is 0 Å². The van der Waals surface area contributed by atoms with Gasteiger partial charge < -0.3 is 0 Å². The van der Waals surface area contributed by atoms with Crippen LogP contribution in [0.4, 0.5) is 8.78 Å². The number of alkyl halides is 2. The number of halogens is 2. The lowest BCUT2D eigenvalue weighted by Crippen LogP contribution is -2.51. The summed E-state index contributed by atoms with van der Waals surface area (Å²) in [5, 5.41) is 0. The van der Waals surface area contributed by atoms with Crippen LogP contribution in [0.5, 0.6) is 0 Å². The van der Waals surface area contributed by atoms with Gasteiger partial charge in [-0.25, -0.2) is 8.78 Å². The number of carbonyl (C=O) groups is 1. The molecule has 0 saturated heterocycles. The average Bonchev–Trinajstić information content (AvgIpc) is 3.00. The van der Waals surface area contributed by atoms with Crippen molar-refractivity contribution in [1.29, 1.82) is 0 Å². The third kappa shape index (κ3) is 2.33. The molecule has 0 radical (unpaired) electrons. The van der Waals surface area contributed by atoms with Gasteiger partial charge in [0.25, 0.3) is 0 Å². The van der Waals surface area contributed by atoms with Crippen molar-refractivity contribution in [3.63, 3.8) is 0 Å². The van der Waals surface area contributed by atoms with Crippen LogP contribution >= 0.6 is 0 Å². The Morgan fingerprint density at radius 1 is 0.833 bits per heavy atom. The second kappa shape index (κ2) is 4.90. The quantitative estimate of drug-likeness (QED) is 0.730. The molecule has 2 rings (SSSR count). The Hall–Kier alpha value is -0.470. The van der Waals surface area contributed by atoms with Crippen molar-refractivity contribution in [2.75, 3.05) is 0 Å². The van der Waals surface area contributed by atoms with Gasteiger partial charge in [0, 0.05) is 11.8 Å². The maximum atomic E-state index is 14.7. The van der Waals surface area contributed by atoms with Crippen LogP contribution in [-0.2, 0) is 4.79 Å². The van der Waals surface area contributed by atoms with Gasteiger partial charge in [0.2, 0.25) is 5.78 Å². The van der Waals surface area contributed by atoms with Crippen LogP contribution in [0.1, 0.15) is 65.2 Å². The van der Waals surface area contributed by atoms with Crippen LogP contribution in [0, 0.1) is 11.8 Å². The molecule has 0 aromatic heterocycles. The predicted molar refractivity (Wildman–Crippen MR) is 67.9 cm³/mol. The van der Waals surface area contributed by atoms with E-state index < -0.39 is 17.1 Å². The van der Waals surface area contributed by atoms with Crippen LogP contribution in [0.2, 0.25) is 0 Å². The third-order valence-electron chi connectivity index (χ3n) is 5.13. The SMILES string of the molecule is CC(F)(C(=O)C(C)(F)C1CCCC1)C1CCCC1. The molecule has 1 nitrogen and oxygen atoms in total. The van der Waals surface area contributed by atoms with Gasteiger partial charge in [-0.1, -0.05) is 25.7 Å². The fourth-order valence-electron chi connectivity index (χ4n) is 3.78. The number of hydrogen-bond donors (Lipinski definition) is 0. The summed E-state index contributed by atoms with van der Waals surface area (Å²) in [6.45, 7) is 2.61. The molecule has 0 N–H and O–H groups in total. The van der Waals surface area contributed by atoms with Gasteiger partial charge in [-0.15, -0.1) is 0 Å². The minimum absolute atomic E-state index is 0.276. The first-order valence-corrected chi connectivity index (χ1v) is 7.29. The molecule has 2 saturated carbocycles. The summed E-state index contributed by atoms with van der Waals surface area (Å²) in [6, 6.07) is 0. The molecule has 3 heteroatoms. The van der Waals surface area contributed by atoms with E-state index >= 15 is 0 Å². The first-order chi connectivity index (χ1) is 8.37. The smallest absolute Gasteiger partial charge is 0.206 e. The van der Waals surface area contributed by atoms with Crippen molar-refractivity contribution in [1.82, 2.24) is 0 Å². The molecule has 2 fully saturated rings. The van der Waals surface area contributed by atoms with E-state index in [4.69, 9.17) is 0 Å². The highest BCUT2D eigenvalue weighted by Crippen LogP contribution is 2.44. The molecule has 2 aliphatic carbocycles. The lowest BCUT2D eigenvalue weighted by molar-refractivity contribution is -0.148. The van der Waals surface area contributed by atoms with Crippen molar-refractivity contribution in [2.24, 2.45) is 11.8 Å². The second-order valence-electron chi connectivity index (χ2n) is 6.44. The maximum Gasteiger partial charge on any atom is 0.206 e. The molecule has 0 spiro atoms. The van der Waals surface area contributed by atoms with E-state index in [2.05, 4.69) is 0 Å². The highest BCUT2D eigenvalue weighted by molar-refractivity contribution is 5.94. The van der Waals surface area contributed by atoms with Crippen LogP contribution < -0.4 is 0 Å². The van der Waals surface area contributed by atoms with E-state index in [-0.39, 0.29) is 11.8 Å². The van der Waals surface area contributed by atoms with Gasteiger partial charge in [0.15, 0.2) is 11.3 Å². The van der Waals surface area contributed by atoms with E-state index in [1.165, 1.54) is 13.8 Å². The van der Waals surface area contributed by atoms with Crippen molar-refractivity contribution >= 4 is 5.78 Å². The Bertz CT molecular complexity index is 280. The maximum absolute atomic E-state index is 14.7. The minimum Gasteiger partial charge on any atom is -0.292 e. The summed E-state index contributed by atoms with van der Waals surface area (Å²) in [6.07, 6.45) is 6.74. The zero-order valence-corrected chi connectivity index (χ0v) is 11.5. The Labute approximate surface area is 108 Å². The molecule has 18 heavy (non-hydrogen) atoms. The van der Waals surface area contributed by atoms with Crippen LogP contribution in [0.15, 0.2) is 0 Å². The molecule has 2 atom stereocenters. The fourth-order valence-corrected chi connectivity index (χ4v) is 3.78. The molecule has 104 valence electrons. The number of Topliss-reactive ketones (excluding diaryl/α,β-unsaturated/α-hetero) is 1. The van der Waals surface area contributed by atoms with Gasteiger partial charge in [0.1, 0.15) is 0 Å². The summed E-state index contributed by atoms with van der Waals surface area (Å²) >= 11 is 0. The lowest BCUT2D eigenvalue weighted by atomic mass is 9.75. The fraction of sp³-hybridized carbons (Fsp3) is 0.933. The Balaban J connectivity index is 2.12. The molecule has 0 aromatic carbocycles. The van der Waals surface area contributed by atoms with Gasteiger partial charge >= 0.3 is 0 Å². The highest BCUT2D eigenvalue weighted by Gasteiger charge is 2.54.